The summed E-state index contributed by atoms with van der Waals surface area (Å²) in [5, 5.41) is 10.8. The molecule has 4 heteroatoms. The minimum absolute atomic E-state index is 0.130. The van der Waals surface area contributed by atoms with Crippen molar-refractivity contribution in [3.8, 4) is 0 Å². The summed E-state index contributed by atoms with van der Waals surface area (Å²) < 4.78 is 0. The molecule has 1 aliphatic heterocycles. The molecule has 1 fully saturated rings. The summed E-state index contributed by atoms with van der Waals surface area (Å²) in [5.74, 6) is 0.537. The molecular weight excluding hydrogens is 168 g/mol. The number of aliphatic hydroxyl groups excluding tert-OH is 1. The minimum Gasteiger partial charge on any atom is -0.381 e. The largest absolute Gasteiger partial charge is 0.381 e. The predicted octanol–water partition coefficient (Wildman–Crippen LogP) is 0.141. The van der Waals surface area contributed by atoms with Crippen molar-refractivity contribution < 1.29 is 9.94 Å². The highest BCUT2D eigenvalue weighted by Crippen LogP contribution is 2.08. The molecule has 1 aliphatic rings. The van der Waals surface area contributed by atoms with Crippen molar-refractivity contribution in [3.63, 3.8) is 0 Å². The molecule has 1 N–H and O–H groups in total. The fourth-order valence-electron chi connectivity index (χ4n) is 1.64. The molecule has 1 unspecified atom stereocenters. The zero-order valence-corrected chi connectivity index (χ0v) is 8.57. The average molecular weight is 188 g/mol. The van der Waals surface area contributed by atoms with Gasteiger partial charge in [0, 0.05) is 19.6 Å². The first-order valence-electron chi connectivity index (χ1n) is 4.89. The number of hydroxylamine groups is 2. The summed E-state index contributed by atoms with van der Waals surface area (Å²) >= 11 is 0. The molecule has 78 valence electrons. The Labute approximate surface area is 80.0 Å². The molecule has 13 heavy (non-hydrogen) atoms. The van der Waals surface area contributed by atoms with E-state index in [1.807, 2.05) is 17.0 Å². The van der Waals surface area contributed by atoms with Crippen LogP contribution in [0.5, 0.6) is 0 Å². The quantitative estimate of drug-likeness (QED) is 0.623. The van der Waals surface area contributed by atoms with Crippen molar-refractivity contribution in [1.82, 2.24) is 9.96 Å². The highest BCUT2D eigenvalue weighted by molar-refractivity contribution is 4.62. The Morgan fingerprint density at radius 1 is 1.62 bits per heavy atom. The Hall–Kier alpha value is -0.160. The third kappa shape index (κ3) is 4.04. The summed E-state index contributed by atoms with van der Waals surface area (Å²) in [6, 6.07) is 0. The van der Waals surface area contributed by atoms with E-state index in [4.69, 9.17) is 9.94 Å². The molecule has 0 aromatic heterocycles. The molecule has 0 spiro atoms. The van der Waals surface area contributed by atoms with Crippen LogP contribution in [0.3, 0.4) is 0 Å². The highest BCUT2D eigenvalue weighted by Gasteiger charge is 2.16. The van der Waals surface area contributed by atoms with Gasteiger partial charge in [0.2, 0.25) is 0 Å². The van der Waals surface area contributed by atoms with Gasteiger partial charge in [-0.2, -0.15) is 5.06 Å². The van der Waals surface area contributed by atoms with Gasteiger partial charge >= 0.3 is 0 Å². The lowest BCUT2D eigenvalue weighted by Crippen LogP contribution is -2.32. The van der Waals surface area contributed by atoms with Gasteiger partial charge in [0.15, 0.2) is 0 Å². The summed E-state index contributed by atoms with van der Waals surface area (Å²) in [6.07, 6.45) is 1.14. The number of rotatable bonds is 5. The summed E-state index contributed by atoms with van der Waals surface area (Å²) in [6.45, 7) is 6.09. The first kappa shape index (κ1) is 10.9. The van der Waals surface area contributed by atoms with Crippen LogP contribution >= 0.6 is 0 Å². The van der Waals surface area contributed by atoms with Crippen LogP contribution in [0.2, 0.25) is 0 Å². The van der Waals surface area contributed by atoms with Gasteiger partial charge < -0.3 is 5.11 Å². The van der Waals surface area contributed by atoms with E-state index >= 15 is 0 Å². The first-order valence-corrected chi connectivity index (χ1v) is 4.89. The molecule has 0 amide bonds. The summed E-state index contributed by atoms with van der Waals surface area (Å²) in [4.78, 5) is 7.29. The van der Waals surface area contributed by atoms with Crippen molar-refractivity contribution in [3.05, 3.63) is 0 Å². The minimum atomic E-state index is 0.130. The topological polar surface area (TPSA) is 35.9 Å². The molecule has 0 bridgehead atoms. The smallest absolute Gasteiger partial charge is 0.0954 e. The van der Waals surface area contributed by atoms with Crippen LogP contribution in [-0.4, -0.2) is 55.1 Å². The van der Waals surface area contributed by atoms with E-state index < -0.39 is 0 Å². The summed E-state index contributed by atoms with van der Waals surface area (Å²) in [5.41, 5.74) is 0. The second-order valence-corrected chi connectivity index (χ2v) is 3.86. The number of aliphatic hydroxyl groups is 1. The van der Waals surface area contributed by atoms with E-state index in [9.17, 15) is 0 Å². The fraction of sp³-hybridized carbons (Fsp3) is 1.00. The van der Waals surface area contributed by atoms with E-state index in [1.165, 1.54) is 0 Å². The van der Waals surface area contributed by atoms with Crippen molar-refractivity contribution in [1.29, 1.82) is 0 Å². The summed E-state index contributed by atoms with van der Waals surface area (Å²) in [7, 11) is 1.92. The van der Waals surface area contributed by atoms with E-state index in [-0.39, 0.29) is 6.73 Å². The van der Waals surface area contributed by atoms with Crippen LogP contribution < -0.4 is 0 Å². The highest BCUT2D eigenvalue weighted by atomic mass is 16.7. The van der Waals surface area contributed by atoms with E-state index in [2.05, 4.69) is 6.92 Å². The molecule has 0 radical (unpaired) electrons. The van der Waals surface area contributed by atoms with E-state index in [0.29, 0.717) is 5.92 Å². The van der Waals surface area contributed by atoms with Gasteiger partial charge in [-0.3, -0.25) is 9.74 Å². The van der Waals surface area contributed by atoms with Crippen LogP contribution in [0.4, 0.5) is 0 Å². The molecular formula is C9H20N2O2. The number of nitrogens with zero attached hydrogens (tertiary/aromatic N) is 2. The Morgan fingerprint density at radius 3 is 2.92 bits per heavy atom. The van der Waals surface area contributed by atoms with Crippen molar-refractivity contribution in [2.24, 2.45) is 5.92 Å². The average Bonchev–Trinajstić information content (AvgIpc) is 2.56. The molecule has 4 nitrogen and oxygen atoms in total. The Kier molecular flexibility index (Phi) is 4.66. The van der Waals surface area contributed by atoms with Gasteiger partial charge in [0.25, 0.3) is 0 Å². The monoisotopic (exact) mass is 188 g/mol. The normalized spacial score (nSPS) is 21.2. The Morgan fingerprint density at radius 2 is 2.38 bits per heavy atom. The van der Waals surface area contributed by atoms with E-state index in [0.717, 1.165) is 32.7 Å². The van der Waals surface area contributed by atoms with Gasteiger partial charge in [-0.25, -0.2) is 0 Å². The zero-order valence-electron chi connectivity index (χ0n) is 8.57. The van der Waals surface area contributed by atoms with Gasteiger partial charge in [0.1, 0.15) is 0 Å². The van der Waals surface area contributed by atoms with Gasteiger partial charge in [-0.15, -0.1) is 0 Å². The lowest BCUT2D eigenvalue weighted by Gasteiger charge is -2.22. The maximum Gasteiger partial charge on any atom is 0.0954 e. The number of hydrogen-bond acceptors (Lipinski definition) is 4. The van der Waals surface area contributed by atoms with Crippen molar-refractivity contribution in [2.45, 2.75) is 13.3 Å². The second kappa shape index (κ2) is 5.54. The van der Waals surface area contributed by atoms with Crippen LogP contribution in [0.15, 0.2) is 0 Å². The van der Waals surface area contributed by atoms with Crippen LogP contribution in [0.25, 0.3) is 0 Å². The lowest BCUT2D eigenvalue weighted by molar-refractivity contribution is -0.119. The second-order valence-electron chi connectivity index (χ2n) is 3.86. The maximum absolute atomic E-state index is 8.83. The van der Waals surface area contributed by atoms with Crippen LogP contribution in [0, 0.1) is 5.92 Å². The first-order chi connectivity index (χ1) is 6.22. The van der Waals surface area contributed by atoms with Gasteiger partial charge in [0.05, 0.1) is 13.3 Å². The Balaban J connectivity index is 2.12. The molecule has 1 rings (SSSR count). The molecule has 1 saturated heterocycles. The molecule has 0 aliphatic carbocycles. The van der Waals surface area contributed by atoms with Crippen molar-refractivity contribution >= 4 is 0 Å². The maximum atomic E-state index is 8.83. The fourth-order valence-corrected chi connectivity index (χ4v) is 1.64. The lowest BCUT2D eigenvalue weighted by atomic mass is 10.1. The van der Waals surface area contributed by atoms with E-state index in [1.54, 1.807) is 0 Å². The van der Waals surface area contributed by atoms with Crippen LogP contribution in [-0.2, 0) is 4.84 Å². The Bertz CT molecular complexity index is 138. The zero-order chi connectivity index (χ0) is 9.68. The molecule has 1 atom stereocenters. The van der Waals surface area contributed by atoms with Crippen molar-refractivity contribution in [2.75, 3.05) is 40.0 Å². The standard InChI is InChI=1S/C9H20N2O2/c1-9(6-10(2)8-12)7-11-4-3-5-13-11/h9,12H,3-8H2,1-2H3. The predicted molar refractivity (Wildman–Crippen MR) is 51.0 cm³/mol. The number of hydrogen-bond donors (Lipinski definition) is 1. The molecule has 0 aromatic carbocycles. The van der Waals surface area contributed by atoms with Gasteiger partial charge in [-0.1, -0.05) is 6.92 Å². The SMILES string of the molecule is CC(CN(C)CO)CN1CCCO1. The molecule has 1 heterocycles. The van der Waals surface area contributed by atoms with Gasteiger partial charge in [-0.05, 0) is 19.4 Å². The van der Waals surface area contributed by atoms with Crippen LogP contribution in [0.1, 0.15) is 13.3 Å². The molecule has 0 aromatic rings. The third-order valence-electron chi connectivity index (χ3n) is 2.21. The third-order valence-corrected chi connectivity index (χ3v) is 2.21. The molecule has 0 saturated carbocycles.